The number of anilines is 1. The number of aryl methyl sites for hydroxylation is 1. The monoisotopic (exact) mass is 363 g/mol. The number of hydrogen-bond donors (Lipinski definition) is 2. The third-order valence-electron chi connectivity index (χ3n) is 4.07. The summed E-state index contributed by atoms with van der Waals surface area (Å²) in [6.07, 6.45) is 4.71. The van der Waals surface area contributed by atoms with E-state index in [0.29, 0.717) is 17.2 Å². The lowest BCUT2D eigenvalue weighted by Crippen LogP contribution is -2.26. The number of pyridine rings is 1. The van der Waals surface area contributed by atoms with E-state index in [4.69, 9.17) is 0 Å². The van der Waals surface area contributed by atoms with E-state index in [2.05, 4.69) is 20.6 Å². The fourth-order valence-corrected chi connectivity index (χ4v) is 2.59. The molecule has 7 heteroatoms. The van der Waals surface area contributed by atoms with Gasteiger partial charge in [0, 0.05) is 13.1 Å². The predicted molar refractivity (Wildman–Crippen MR) is 103 cm³/mol. The van der Waals surface area contributed by atoms with Crippen molar-refractivity contribution in [1.29, 1.82) is 0 Å². The number of carbonyl (C=O) groups excluding carboxylic acids is 2. The van der Waals surface area contributed by atoms with Crippen molar-refractivity contribution in [3.8, 4) is 5.82 Å². The summed E-state index contributed by atoms with van der Waals surface area (Å²) in [5.41, 5.74) is 3.12. The molecule has 138 valence electrons. The normalized spacial score (nSPS) is 11.7. The van der Waals surface area contributed by atoms with E-state index < -0.39 is 0 Å². The van der Waals surface area contributed by atoms with Crippen LogP contribution in [0.3, 0.4) is 0 Å². The van der Waals surface area contributed by atoms with Crippen molar-refractivity contribution in [3.63, 3.8) is 0 Å². The van der Waals surface area contributed by atoms with E-state index in [9.17, 15) is 9.59 Å². The Bertz CT molecular complexity index is 945. The molecule has 2 amide bonds. The molecule has 2 heterocycles. The van der Waals surface area contributed by atoms with Gasteiger partial charge in [0.1, 0.15) is 17.8 Å². The van der Waals surface area contributed by atoms with E-state index in [1.807, 2.05) is 38.1 Å². The Kier molecular flexibility index (Phi) is 5.30. The van der Waals surface area contributed by atoms with E-state index in [1.165, 1.54) is 18.8 Å². The molecular weight excluding hydrogens is 342 g/mol. The molecule has 3 aromatic rings. The van der Waals surface area contributed by atoms with Gasteiger partial charge in [0.15, 0.2) is 0 Å². The highest BCUT2D eigenvalue weighted by molar-refractivity contribution is 5.92. The summed E-state index contributed by atoms with van der Waals surface area (Å²) >= 11 is 0. The van der Waals surface area contributed by atoms with Gasteiger partial charge in [0.25, 0.3) is 5.91 Å². The number of rotatable bonds is 5. The van der Waals surface area contributed by atoms with Gasteiger partial charge in [0.2, 0.25) is 5.91 Å². The maximum atomic E-state index is 12.5. The summed E-state index contributed by atoms with van der Waals surface area (Å²) in [6, 6.07) is 11.4. The van der Waals surface area contributed by atoms with Gasteiger partial charge >= 0.3 is 0 Å². The molecule has 0 radical (unpaired) electrons. The van der Waals surface area contributed by atoms with Crippen molar-refractivity contribution in [2.24, 2.45) is 0 Å². The zero-order valence-electron chi connectivity index (χ0n) is 15.4. The van der Waals surface area contributed by atoms with Crippen LogP contribution in [0.4, 0.5) is 5.69 Å². The lowest BCUT2D eigenvalue weighted by Gasteiger charge is -2.13. The van der Waals surface area contributed by atoms with Gasteiger partial charge in [-0.25, -0.2) is 9.97 Å². The van der Waals surface area contributed by atoms with Gasteiger partial charge in [-0.2, -0.15) is 0 Å². The van der Waals surface area contributed by atoms with Crippen molar-refractivity contribution in [2.45, 2.75) is 26.8 Å². The van der Waals surface area contributed by atoms with Crippen LogP contribution >= 0.6 is 0 Å². The molecule has 1 aromatic carbocycles. The van der Waals surface area contributed by atoms with E-state index in [0.717, 1.165) is 5.56 Å². The Hall–Kier alpha value is -3.48. The third kappa shape index (κ3) is 4.58. The van der Waals surface area contributed by atoms with Gasteiger partial charge in [-0.3, -0.25) is 14.2 Å². The van der Waals surface area contributed by atoms with Gasteiger partial charge in [-0.05, 0) is 31.5 Å². The summed E-state index contributed by atoms with van der Waals surface area (Å²) in [5, 5.41) is 5.60. The molecule has 0 aliphatic carbocycles. The van der Waals surface area contributed by atoms with Crippen molar-refractivity contribution in [3.05, 3.63) is 71.9 Å². The smallest absolute Gasteiger partial charge is 0.271 e. The molecule has 27 heavy (non-hydrogen) atoms. The molecule has 0 fully saturated rings. The summed E-state index contributed by atoms with van der Waals surface area (Å²) in [7, 11) is 0. The number of hydrogen-bond acceptors (Lipinski definition) is 4. The first-order chi connectivity index (χ1) is 12.9. The van der Waals surface area contributed by atoms with Crippen molar-refractivity contribution in [2.75, 3.05) is 5.32 Å². The fraction of sp³-hybridized carbons (Fsp3) is 0.200. The number of benzene rings is 1. The Labute approximate surface area is 157 Å². The number of nitrogens with zero attached hydrogens (tertiary/aromatic N) is 3. The maximum Gasteiger partial charge on any atom is 0.271 e. The van der Waals surface area contributed by atoms with Crippen molar-refractivity contribution in [1.82, 2.24) is 19.9 Å². The van der Waals surface area contributed by atoms with Crippen LogP contribution in [0.5, 0.6) is 0 Å². The van der Waals surface area contributed by atoms with Crippen molar-refractivity contribution < 1.29 is 9.59 Å². The van der Waals surface area contributed by atoms with Gasteiger partial charge in [-0.15, -0.1) is 0 Å². The molecule has 0 bridgehead atoms. The SMILES string of the molecule is CC(=O)Nc1ccc(-n2cnc(C(=O)N[C@H](C)c3ccc(C)cc3)c2)nc1. The molecule has 2 N–H and O–H groups in total. The molecule has 0 saturated carbocycles. The standard InChI is InChI=1S/C20H21N5O2/c1-13-4-6-16(7-5-13)14(2)23-20(27)18-11-25(12-22-18)19-9-8-17(10-21-19)24-15(3)26/h4-12,14H,1-3H3,(H,23,27)(H,24,26)/t14-/m1/s1. The number of imidazole rings is 1. The molecule has 2 aromatic heterocycles. The quantitative estimate of drug-likeness (QED) is 0.729. The zero-order chi connectivity index (χ0) is 19.4. The first-order valence-electron chi connectivity index (χ1n) is 8.58. The lowest BCUT2D eigenvalue weighted by atomic mass is 10.1. The Balaban J connectivity index is 1.68. The minimum absolute atomic E-state index is 0.127. The van der Waals surface area contributed by atoms with Gasteiger partial charge in [0.05, 0.1) is 17.9 Å². The fourth-order valence-electron chi connectivity index (χ4n) is 2.59. The molecule has 0 saturated heterocycles. The molecule has 0 aliphatic rings. The van der Waals surface area contributed by atoms with Crippen LogP contribution in [0, 0.1) is 6.92 Å². The largest absolute Gasteiger partial charge is 0.344 e. The molecule has 0 aliphatic heterocycles. The minimum atomic E-state index is -0.253. The Morgan fingerprint density at radius 3 is 2.44 bits per heavy atom. The summed E-state index contributed by atoms with van der Waals surface area (Å²) in [5.74, 6) is 0.188. The Morgan fingerprint density at radius 1 is 1.07 bits per heavy atom. The average Bonchev–Trinajstić information content (AvgIpc) is 3.12. The van der Waals surface area contributed by atoms with Crippen LogP contribution in [0.25, 0.3) is 5.82 Å². The summed E-state index contributed by atoms with van der Waals surface area (Å²) < 4.78 is 1.66. The molecule has 1 atom stereocenters. The lowest BCUT2D eigenvalue weighted by molar-refractivity contribution is -0.114. The highest BCUT2D eigenvalue weighted by atomic mass is 16.2. The predicted octanol–water partition coefficient (Wildman–Crippen LogP) is 3.03. The molecule has 7 nitrogen and oxygen atoms in total. The second kappa shape index (κ2) is 7.82. The number of aromatic nitrogens is 3. The van der Waals surface area contributed by atoms with E-state index in [-0.39, 0.29) is 17.9 Å². The van der Waals surface area contributed by atoms with Crippen molar-refractivity contribution >= 4 is 17.5 Å². The van der Waals surface area contributed by atoms with Crippen LogP contribution in [-0.2, 0) is 4.79 Å². The topological polar surface area (TPSA) is 88.9 Å². The van der Waals surface area contributed by atoms with Gasteiger partial charge < -0.3 is 10.6 Å². The van der Waals surface area contributed by atoms with E-state index in [1.54, 1.807) is 29.1 Å². The third-order valence-corrected chi connectivity index (χ3v) is 4.07. The van der Waals surface area contributed by atoms with Crippen LogP contribution < -0.4 is 10.6 Å². The van der Waals surface area contributed by atoms with Crippen LogP contribution in [0.2, 0.25) is 0 Å². The number of amides is 2. The molecular formula is C20H21N5O2. The maximum absolute atomic E-state index is 12.5. The highest BCUT2D eigenvalue weighted by Gasteiger charge is 2.14. The number of nitrogens with one attached hydrogen (secondary N) is 2. The number of carbonyl (C=O) groups is 2. The molecule has 3 rings (SSSR count). The zero-order valence-corrected chi connectivity index (χ0v) is 15.4. The second-order valence-electron chi connectivity index (χ2n) is 6.36. The second-order valence-corrected chi connectivity index (χ2v) is 6.36. The first kappa shape index (κ1) is 18.3. The first-order valence-corrected chi connectivity index (χ1v) is 8.58. The molecule has 0 spiro atoms. The summed E-state index contributed by atoms with van der Waals surface area (Å²) in [4.78, 5) is 31.9. The molecule has 0 unspecified atom stereocenters. The minimum Gasteiger partial charge on any atom is -0.344 e. The summed E-state index contributed by atoms with van der Waals surface area (Å²) in [6.45, 7) is 5.39. The van der Waals surface area contributed by atoms with Crippen LogP contribution in [-0.4, -0.2) is 26.3 Å². The highest BCUT2D eigenvalue weighted by Crippen LogP contribution is 2.15. The van der Waals surface area contributed by atoms with Crippen LogP contribution in [0.15, 0.2) is 55.1 Å². The van der Waals surface area contributed by atoms with Crippen LogP contribution in [0.1, 0.15) is 41.5 Å². The average molecular weight is 363 g/mol. The Morgan fingerprint density at radius 2 is 1.81 bits per heavy atom. The van der Waals surface area contributed by atoms with E-state index >= 15 is 0 Å². The van der Waals surface area contributed by atoms with Gasteiger partial charge in [-0.1, -0.05) is 29.8 Å².